The van der Waals surface area contributed by atoms with Crippen molar-refractivity contribution >= 4 is 11.6 Å². The Balaban J connectivity index is 2.06. The lowest BCUT2D eigenvalue weighted by Crippen LogP contribution is -2.23. The minimum absolute atomic E-state index is 0.0374. The van der Waals surface area contributed by atoms with Gasteiger partial charge in [0, 0.05) is 49.3 Å². The van der Waals surface area contributed by atoms with Crippen LogP contribution in [-0.2, 0) is 6.54 Å². The molecular weight excluding hydrogens is 286 g/mol. The lowest BCUT2D eigenvalue weighted by Gasteiger charge is -2.14. The summed E-state index contributed by atoms with van der Waals surface area (Å²) in [5.41, 5.74) is 5.41. The molecule has 0 atom stereocenters. The SMILES string of the molecule is Cc1cc(CNC(=O)c2ccc(N(C)C)cc2)c(C)n1C(C)C. The second-order valence-corrected chi connectivity index (χ2v) is 6.48. The van der Waals surface area contributed by atoms with Gasteiger partial charge < -0.3 is 14.8 Å². The number of aromatic nitrogens is 1. The van der Waals surface area contributed by atoms with Crippen LogP contribution in [0.1, 0.15) is 47.2 Å². The number of hydrogen-bond acceptors (Lipinski definition) is 2. The average molecular weight is 313 g/mol. The van der Waals surface area contributed by atoms with Gasteiger partial charge in [0.05, 0.1) is 0 Å². The fraction of sp³-hybridized carbons (Fsp3) is 0.421. The Bertz CT molecular complexity index is 681. The number of rotatable bonds is 5. The Morgan fingerprint density at radius 1 is 1.17 bits per heavy atom. The second-order valence-electron chi connectivity index (χ2n) is 6.48. The molecule has 0 spiro atoms. The summed E-state index contributed by atoms with van der Waals surface area (Å²) in [6, 6.07) is 10.2. The molecule has 124 valence electrons. The Morgan fingerprint density at radius 3 is 2.26 bits per heavy atom. The first-order valence-electron chi connectivity index (χ1n) is 8.04. The van der Waals surface area contributed by atoms with Crippen LogP contribution in [0.15, 0.2) is 30.3 Å². The molecule has 0 unspecified atom stereocenters. The van der Waals surface area contributed by atoms with Gasteiger partial charge in [-0.05, 0) is 63.6 Å². The van der Waals surface area contributed by atoms with Gasteiger partial charge in [-0.25, -0.2) is 0 Å². The van der Waals surface area contributed by atoms with Crippen molar-refractivity contribution in [2.24, 2.45) is 0 Å². The first kappa shape index (κ1) is 17.1. The summed E-state index contributed by atoms with van der Waals surface area (Å²) in [7, 11) is 3.97. The van der Waals surface area contributed by atoms with Crippen LogP contribution in [0.5, 0.6) is 0 Å². The molecule has 4 heteroatoms. The summed E-state index contributed by atoms with van der Waals surface area (Å²) in [4.78, 5) is 14.3. The maximum absolute atomic E-state index is 12.3. The predicted molar refractivity (Wildman–Crippen MR) is 96.2 cm³/mol. The molecule has 1 aromatic heterocycles. The highest BCUT2D eigenvalue weighted by Crippen LogP contribution is 2.20. The second kappa shape index (κ2) is 6.90. The third kappa shape index (κ3) is 3.76. The number of aryl methyl sites for hydroxylation is 1. The number of amides is 1. The molecule has 1 N–H and O–H groups in total. The van der Waals surface area contributed by atoms with E-state index in [1.807, 2.05) is 43.3 Å². The van der Waals surface area contributed by atoms with Gasteiger partial charge in [-0.3, -0.25) is 4.79 Å². The monoisotopic (exact) mass is 313 g/mol. The first-order chi connectivity index (χ1) is 10.8. The molecule has 0 saturated carbocycles. The third-order valence-electron chi connectivity index (χ3n) is 4.19. The van der Waals surface area contributed by atoms with Crippen molar-refractivity contribution in [1.29, 1.82) is 0 Å². The molecule has 2 aromatic rings. The standard InChI is InChI=1S/C19H27N3O/c1-13(2)22-14(3)11-17(15(22)4)12-20-19(23)16-7-9-18(10-8-16)21(5)6/h7-11,13H,12H2,1-6H3,(H,20,23). The van der Waals surface area contributed by atoms with Gasteiger partial charge in [-0.2, -0.15) is 0 Å². The topological polar surface area (TPSA) is 37.3 Å². The van der Waals surface area contributed by atoms with Gasteiger partial charge >= 0.3 is 0 Å². The Morgan fingerprint density at radius 2 is 1.78 bits per heavy atom. The Hall–Kier alpha value is -2.23. The van der Waals surface area contributed by atoms with Gasteiger partial charge in [0.15, 0.2) is 0 Å². The van der Waals surface area contributed by atoms with Crippen molar-refractivity contribution in [2.45, 2.75) is 40.3 Å². The highest BCUT2D eigenvalue weighted by atomic mass is 16.1. The van der Waals surface area contributed by atoms with Crippen molar-refractivity contribution in [1.82, 2.24) is 9.88 Å². The van der Waals surface area contributed by atoms with Crippen molar-refractivity contribution in [2.75, 3.05) is 19.0 Å². The zero-order chi connectivity index (χ0) is 17.1. The van der Waals surface area contributed by atoms with Crippen molar-refractivity contribution in [3.8, 4) is 0 Å². The number of carbonyl (C=O) groups is 1. The van der Waals surface area contributed by atoms with Crippen molar-refractivity contribution < 1.29 is 4.79 Å². The number of carbonyl (C=O) groups excluding carboxylic acids is 1. The lowest BCUT2D eigenvalue weighted by atomic mass is 10.1. The lowest BCUT2D eigenvalue weighted by molar-refractivity contribution is 0.0951. The molecule has 0 aliphatic heterocycles. The highest BCUT2D eigenvalue weighted by Gasteiger charge is 2.12. The molecule has 1 aromatic carbocycles. The van der Waals surface area contributed by atoms with Crippen LogP contribution >= 0.6 is 0 Å². The largest absolute Gasteiger partial charge is 0.378 e. The van der Waals surface area contributed by atoms with E-state index in [-0.39, 0.29) is 5.91 Å². The summed E-state index contributed by atoms with van der Waals surface area (Å²) >= 11 is 0. The highest BCUT2D eigenvalue weighted by molar-refractivity contribution is 5.94. The third-order valence-corrected chi connectivity index (χ3v) is 4.19. The molecule has 2 rings (SSSR count). The van der Waals surface area contributed by atoms with Crippen LogP contribution < -0.4 is 10.2 Å². The number of benzene rings is 1. The van der Waals surface area contributed by atoms with Crippen LogP contribution in [0, 0.1) is 13.8 Å². The van der Waals surface area contributed by atoms with E-state index >= 15 is 0 Å². The van der Waals surface area contributed by atoms with Crippen LogP contribution in [-0.4, -0.2) is 24.6 Å². The van der Waals surface area contributed by atoms with E-state index in [9.17, 15) is 4.79 Å². The summed E-state index contributed by atoms with van der Waals surface area (Å²) in [5.74, 6) is -0.0374. The first-order valence-corrected chi connectivity index (χ1v) is 8.04. The molecule has 0 saturated heterocycles. The summed E-state index contributed by atoms with van der Waals surface area (Å²) in [5, 5.41) is 3.02. The minimum atomic E-state index is -0.0374. The molecule has 0 radical (unpaired) electrons. The number of nitrogens with zero attached hydrogens (tertiary/aromatic N) is 2. The molecule has 1 heterocycles. The zero-order valence-corrected chi connectivity index (χ0v) is 15.0. The molecule has 0 bridgehead atoms. The van der Waals surface area contributed by atoms with E-state index in [4.69, 9.17) is 0 Å². The molecule has 1 amide bonds. The van der Waals surface area contributed by atoms with Crippen molar-refractivity contribution in [3.63, 3.8) is 0 Å². The summed E-state index contributed by atoms with van der Waals surface area (Å²) in [6.07, 6.45) is 0. The summed E-state index contributed by atoms with van der Waals surface area (Å²) < 4.78 is 2.30. The number of hydrogen-bond donors (Lipinski definition) is 1. The van der Waals surface area contributed by atoms with Gasteiger partial charge in [0.25, 0.3) is 5.91 Å². The number of nitrogens with one attached hydrogen (secondary N) is 1. The fourth-order valence-electron chi connectivity index (χ4n) is 3.01. The molecule has 0 aliphatic carbocycles. The normalized spacial score (nSPS) is 10.9. The Labute approximate surface area is 139 Å². The van der Waals surface area contributed by atoms with E-state index in [0.29, 0.717) is 18.2 Å². The fourth-order valence-corrected chi connectivity index (χ4v) is 3.01. The van der Waals surface area contributed by atoms with Gasteiger partial charge in [0.2, 0.25) is 0 Å². The van der Waals surface area contributed by atoms with Crippen molar-refractivity contribution in [3.05, 3.63) is 52.8 Å². The van der Waals surface area contributed by atoms with Gasteiger partial charge in [0.1, 0.15) is 0 Å². The molecule has 4 nitrogen and oxygen atoms in total. The quantitative estimate of drug-likeness (QED) is 0.914. The number of anilines is 1. The predicted octanol–water partition coefficient (Wildman–Crippen LogP) is 3.68. The van der Waals surface area contributed by atoms with E-state index < -0.39 is 0 Å². The van der Waals surface area contributed by atoms with Crippen LogP contribution in [0.4, 0.5) is 5.69 Å². The van der Waals surface area contributed by atoms with E-state index in [1.165, 1.54) is 17.0 Å². The molecule has 23 heavy (non-hydrogen) atoms. The van der Waals surface area contributed by atoms with Gasteiger partial charge in [-0.1, -0.05) is 0 Å². The van der Waals surface area contributed by atoms with Gasteiger partial charge in [-0.15, -0.1) is 0 Å². The molecular formula is C19H27N3O. The van der Waals surface area contributed by atoms with Crippen LogP contribution in [0.25, 0.3) is 0 Å². The summed E-state index contributed by atoms with van der Waals surface area (Å²) in [6.45, 7) is 9.13. The van der Waals surface area contributed by atoms with E-state index in [2.05, 4.69) is 43.6 Å². The Kier molecular flexibility index (Phi) is 5.14. The minimum Gasteiger partial charge on any atom is -0.378 e. The smallest absolute Gasteiger partial charge is 0.251 e. The van der Waals surface area contributed by atoms with E-state index in [1.54, 1.807) is 0 Å². The van der Waals surface area contributed by atoms with E-state index in [0.717, 1.165) is 5.69 Å². The van der Waals surface area contributed by atoms with Crippen LogP contribution in [0.3, 0.4) is 0 Å². The zero-order valence-electron chi connectivity index (χ0n) is 15.0. The maximum atomic E-state index is 12.3. The maximum Gasteiger partial charge on any atom is 0.251 e. The molecule has 0 fully saturated rings. The average Bonchev–Trinajstić information content (AvgIpc) is 2.79. The van der Waals surface area contributed by atoms with Crippen LogP contribution in [0.2, 0.25) is 0 Å². The molecule has 0 aliphatic rings.